The molecule has 25 heavy (non-hydrogen) atoms. The third-order valence-electron chi connectivity index (χ3n) is 5.70. The Morgan fingerprint density at radius 3 is 2.76 bits per heavy atom. The molecule has 1 aliphatic carbocycles. The fraction of sp³-hybridized carbons (Fsp3) is 0.737. The van der Waals surface area contributed by atoms with Crippen molar-refractivity contribution in [1.29, 1.82) is 0 Å². The Morgan fingerprint density at radius 2 is 2.04 bits per heavy atom. The topological polar surface area (TPSA) is 75.4 Å². The highest BCUT2D eigenvalue weighted by Crippen LogP contribution is 2.27. The molecule has 138 valence electrons. The maximum Gasteiger partial charge on any atom is 0.222 e. The molecule has 3 rings (SSSR count). The second kappa shape index (κ2) is 8.61. The lowest BCUT2D eigenvalue weighted by Crippen LogP contribution is -2.37. The van der Waals surface area contributed by atoms with Crippen LogP contribution in [0.1, 0.15) is 57.2 Å². The number of likely N-dealkylation sites (N-methyl/N-ethyl adjacent to an activating group) is 1. The zero-order chi connectivity index (χ0) is 17.6. The van der Waals surface area contributed by atoms with E-state index in [-0.39, 0.29) is 0 Å². The van der Waals surface area contributed by atoms with Gasteiger partial charge in [-0.2, -0.15) is 0 Å². The normalized spacial score (nSPS) is 22.3. The molecule has 1 aromatic heterocycles. The van der Waals surface area contributed by atoms with E-state index >= 15 is 0 Å². The number of nitrogens with zero attached hydrogens (tertiary/aromatic N) is 4. The molecule has 1 atom stereocenters. The monoisotopic (exact) mass is 345 g/mol. The van der Waals surface area contributed by atoms with Gasteiger partial charge in [0.05, 0.1) is 6.54 Å². The smallest absolute Gasteiger partial charge is 0.222 e. The number of nitrogens with two attached hydrogens (primary N) is 1. The van der Waals surface area contributed by atoms with E-state index in [1.807, 2.05) is 0 Å². The van der Waals surface area contributed by atoms with E-state index in [1.165, 1.54) is 38.5 Å². The standard InChI is InChI=1S/C19H31N5O/c1-23(14-18-21-10-8-17(20)22-18)16-9-11-24(13-16)19(25)12-15-6-4-2-3-5-7-15/h8,10,15-16H,2-7,9,11-14H2,1H3,(H2,20,21,22). The van der Waals surface area contributed by atoms with Crippen molar-refractivity contribution in [1.82, 2.24) is 19.8 Å². The van der Waals surface area contributed by atoms with Gasteiger partial charge in [-0.25, -0.2) is 9.97 Å². The Labute approximate surface area is 150 Å². The van der Waals surface area contributed by atoms with E-state index in [9.17, 15) is 4.79 Å². The van der Waals surface area contributed by atoms with Crippen LogP contribution in [0.4, 0.5) is 5.82 Å². The van der Waals surface area contributed by atoms with Gasteiger partial charge in [0.25, 0.3) is 0 Å². The van der Waals surface area contributed by atoms with Crippen molar-refractivity contribution in [2.45, 2.75) is 64.0 Å². The fourth-order valence-corrected chi connectivity index (χ4v) is 4.12. The molecule has 1 amide bonds. The van der Waals surface area contributed by atoms with Crippen molar-refractivity contribution in [2.75, 3.05) is 25.9 Å². The van der Waals surface area contributed by atoms with Crippen molar-refractivity contribution in [3.05, 3.63) is 18.1 Å². The first-order valence-corrected chi connectivity index (χ1v) is 9.67. The molecule has 1 aliphatic heterocycles. The number of hydrogen-bond donors (Lipinski definition) is 1. The van der Waals surface area contributed by atoms with E-state index in [1.54, 1.807) is 12.3 Å². The summed E-state index contributed by atoms with van der Waals surface area (Å²) >= 11 is 0. The Hall–Kier alpha value is -1.69. The Kier molecular flexibility index (Phi) is 6.24. The Balaban J connectivity index is 1.47. The van der Waals surface area contributed by atoms with Gasteiger partial charge in [-0.05, 0) is 38.3 Å². The number of carbonyl (C=O) groups excluding carboxylic acids is 1. The largest absolute Gasteiger partial charge is 0.384 e. The number of nitrogen functional groups attached to an aromatic ring is 1. The third-order valence-corrected chi connectivity index (χ3v) is 5.70. The number of rotatable bonds is 5. The van der Waals surface area contributed by atoms with Gasteiger partial charge in [0.15, 0.2) is 0 Å². The number of aromatic nitrogens is 2. The average molecular weight is 345 g/mol. The van der Waals surface area contributed by atoms with Crippen molar-refractivity contribution < 1.29 is 4.79 Å². The van der Waals surface area contributed by atoms with Crippen LogP contribution in [0.2, 0.25) is 0 Å². The molecule has 0 radical (unpaired) electrons. The Bertz CT molecular complexity index is 571. The summed E-state index contributed by atoms with van der Waals surface area (Å²) in [6.45, 7) is 2.36. The molecule has 2 heterocycles. The van der Waals surface area contributed by atoms with Gasteiger partial charge in [0.1, 0.15) is 11.6 Å². The van der Waals surface area contributed by atoms with E-state index in [0.717, 1.165) is 31.8 Å². The second-order valence-corrected chi connectivity index (χ2v) is 7.66. The summed E-state index contributed by atoms with van der Waals surface area (Å²) in [5, 5.41) is 0. The molecular formula is C19H31N5O. The van der Waals surface area contributed by atoms with Gasteiger partial charge in [-0.15, -0.1) is 0 Å². The molecule has 2 aliphatic rings. The number of anilines is 1. The van der Waals surface area contributed by atoms with E-state index < -0.39 is 0 Å². The minimum Gasteiger partial charge on any atom is -0.384 e. The summed E-state index contributed by atoms with van der Waals surface area (Å²) in [5.74, 6) is 2.20. The molecule has 1 unspecified atom stereocenters. The van der Waals surface area contributed by atoms with Gasteiger partial charge in [-0.3, -0.25) is 9.69 Å². The molecule has 2 fully saturated rings. The van der Waals surface area contributed by atoms with Crippen molar-refractivity contribution in [2.24, 2.45) is 5.92 Å². The minimum atomic E-state index is 0.350. The summed E-state index contributed by atoms with van der Waals surface area (Å²) in [6, 6.07) is 2.08. The second-order valence-electron chi connectivity index (χ2n) is 7.66. The summed E-state index contributed by atoms with van der Waals surface area (Å²) in [4.78, 5) is 25.5. The highest BCUT2D eigenvalue weighted by molar-refractivity contribution is 5.76. The Morgan fingerprint density at radius 1 is 1.28 bits per heavy atom. The molecule has 6 heteroatoms. The zero-order valence-electron chi connectivity index (χ0n) is 15.4. The first-order valence-electron chi connectivity index (χ1n) is 9.67. The molecular weight excluding hydrogens is 314 g/mol. The SMILES string of the molecule is CN(Cc1nccc(N)n1)C1CCN(C(=O)CC2CCCCCC2)C1. The maximum absolute atomic E-state index is 12.7. The van der Waals surface area contributed by atoms with Crippen LogP contribution >= 0.6 is 0 Å². The maximum atomic E-state index is 12.7. The van der Waals surface area contributed by atoms with Gasteiger partial charge in [0.2, 0.25) is 5.91 Å². The van der Waals surface area contributed by atoms with E-state index in [2.05, 4.69) is 26.8 Å². The summed E-state index contributed by atoms with van der Waals surface area (Å²) < 4.78 is 0. The average Bonchev–Trinajstić information content (AvgIpc) is 2.95. The number of amides is 1. The van der Waals surface area contributed by atoms with Crippen LogP contribution in [0, 0.1) is 5.92 Å². The highest BCUT2D eigenvalue weighted by atomic mass is 16.2. The molecule has 1 saturated carbocycles. The molecule has 1 aromatic rings. The molecule has 0 aromatic carbocycles. The molecule has 0 spiro atoms. The number of likely N-dealkylation sites (tertiary alicyclic amines) is 1. The van der Waals surface area contributed by atoms with Crippen LogP contribution in [0.25, 0.3) is 0 Å². The van der Waals surface area contributed by atoms with Crippen LogP contribution < -0.4 is 5.73 Å². The lowest BCUT2D eigenvalue weighted by Gasteiger charge is -2.24. The van der Waals surface area contributed by atoms with Crippen LogP contribution in [0.15, 0.2) is 12.3 Å². The lowest BCUT2D eigenvalue weighted by atomic mass is 9.96. The molecule has 0 bridgehead atoms. The quantitative estimate of drug-likeness (QED) is 0.830. The summed E-state index contributed by atoms with van der Waals surface area (Å²) in [7, 11) is 2.08. The molecule has 2 N–H and O–H groups in total. The van der Waals surface area contributed by atoms with Gasteiger partial charge in [0, 0.05) is 31.7 Å². The van der Waals surface area contributed by atoms with E-state index in [0.29, 0.717) is 30.2 Å². The third kappa shape index (κ3) is 5.14. The van der Waals surface area contributed by atoms with Crippen LogP contribution in [-0.4, -0.2) is 51.9 Å². The minimum absolute atomic E-state index is 0.350. The van der Waals surface area contributed by atoms with Crippen molar-refractivity contribution in [3.8, 4) is 0 Å². The molecule has 6 nitrogen and oxygen atoms in total. The number of hydrogen-bond acceptors (Lipinski definition) is 5. The van der Waals surface area contributed by atoms with Gasteiger partial charge in [-0.1, -0.05) is 25.7 Å². The number of carbonyl (C=O) groups is 1. The van der Waals surface area contributed by atoms with Crippen molar-refractivity contribution in [3.63, 3.8) is 0 Å². The van der Waals surface area contributed by atoms with Gasteiger partial charge >= 0.3 is 0 Å². The highest BCUT2D eigenvalue weighted by Gasteiger charge is 2.30. The fourth-order valence-electron chi connectivity index (χ4n) is 4.12. The van der Waals surface area contributed by atoms with Gasteiger partial charge < -0.3 is 10.6 Å². The predicted molar refractivity (Wildman–Crippen MR) is 98.7 cm³/mol. The van der Waals surface area contributed by atoms with Crippen LogP contribution in [0.3, 0.4) is 0 Å². The van der Waals surface area contributed by atoms with Crippen molar-refractivity contribution >= 4 is 11.7 Å². The zero-order valence-corrected chi connectivity index (χ0v) is 15.4. The predicted octanol–water partition coefficient (Wildman–Crippen LogP) is 2.45. The van der Waals surface area contributed by atoms with Crippen LogP contribution in [0.5, 0.6) is 0 Å². The first kappa shape index (κ1) is 18.1. The van der Waals surface area contributed by atoms with Crippen LogP contribution in [-0.2, 0) is 11.3 Å². The van der Waals surface area contributed by atoms with E-state index in [4.69, 9.17) is 5.73 Å². The summed E-state index contributed by atoms with van der Waals surface area (Å²) in [5.41, 5.74) is 5.73. The summed E-state index contributed by atoms with van der Waals surface area (Å²) in [6.07, 6.45) is 11.2. The first-order chi connectivity index (χ1) is 12.1. The molecule has 1 saturated heterocycles. The lowest BCUT2D eigenvalue weighted by molar-refractivity contribution is -0.131.